The summed E-state index contributed by atoms with van der Waals surface area (Å²) >= 11 is 0. The summed E-state index contributed by atoms with van der Waals surface area (Å²) < 4.78 is 5.26. The SMILES string of the molecule is COc1cccc(C2C(C(C)=O)=C(O)C(=O)N2CCc2ccccc2)c1. The lowest BCUT2D eigenvalue weighted by molar-refractivity contribution is -0.129. The Bertz CT molecular complexity index is 857. The van der Waals surface area contributed by atoms with E-state index in [0.29, 0.717) is 18.7 Å². The van der Waals surface area contributed by atoms with E-state index in [2.05, 4.69) is 0 Å². The van der Waals surface area contributed by atoms with Crippen molar-refractivity contribution in [2.75, 3.05) is 13.7 Å². The highest BCUT2D eigenvalue weighted by atomic mass is 16.5. The van der Waals surface area contributed by atoms with Gasteiger partial charge in [0.15, 0.2) is 11.5 Å². The average molecular weight is 351 g/mol. The molecule has 0 spiro atoms. The highest BCUT2D eigenvalue weighted by molar-refractivity contribution is 6.08. The van der Waals surface area contributed by atoms with Gasteiger partial charge in [-0.1, -0.05) is 42.5 Å². The largest absolute Gasteiger partial charge is 0.503 e. The molecule has 0 aliphatic carbocycles. The minimum atomic E-state index is -0.612. The van der Waals surface area contributed by atoms with Gasteiger partial charge in [0.25, 0.3) is 5.91 Å². The van der Waals surface area contributed by atoms with Crippen LogP contribution in [0.25, 0.3) is 0 Å². The number of methoxy groups -OCH3 is 1. The zero-order valence-corrected chi connectivity index (χ0v) is 14.8. The first kappa shape index (κ1) is 17.7. The lowest BCUT2D eigenvalue weighted by Gasteiger charge is -2.27. The van der Waals surface area contributed by atoms with Gasteiger partial charge < -0.3 is 14.7 Å². The maximum atomic E-state index is 12.6. The molecular weight excluding hydrogens is 330 g/mol. The zero-order chi connectivity index (χ0) is 18.7. The highest BCUT2D eigenvalue weighted by Crippen LogP contribution is 2.38. The predicted molar refractivity (Wildman–Crippen MR) is 97.9 cm³/mol. The van der Waals surface area contributed by atoms with Gasteiger partial charge in [0.2, 0.25) is 0 Å². The standard InChI is InChI=1S/C21H21NO4/c1-14(23)18-19(16-9-6-10-17(13-16)26-2)22(21(25)20(18)24)12-11-15-7-4-3-5-8-15/h3-10,13,19,24H,11-12H2,1-2H3. The van der Waals surface area contributed by atoms with E-state index >= 15 is 0 Å². The summed E-state index contributed by atoms with van der Waals surface area (Å²) in [6.07, 6.45) is 0.630. The first-order valence-corrected chi connectivity index (χ1v) is 8.46. The Morgan fingerprint density at radius 1 is 1.15 bits per heavy atom. The van der Waals surface area contributed by atoms with Crippen LogP contribution in [0.5, 0.6) is 5.75 Å². The first-order chi connectivity index (χ1) is 12.5. The van der Waals surface area contributed by atoms with Crippen LogP contribution in [0.4, 0.5) is 0 Å². The second-order valence-corrected chi connectivity index (χ2v) is 6.23. The molecule has 5 heteroatoms. The van der Waals surface area contributed by atoms with Crippen molar-refractivity contribution < 1.29 is 19.4 Å². The van der Waals surface area contributed by atoms with Crippen LogP contribution in [0, 0.1) is 0 Å². The molecule has 134 valence electrons. The van der Waals surface area contributed by atoms with Crippen molar-refractivity contribution in [2.45, 2.75) is 19.4 Å². The highest BCUT2D eigenvalue weighted by Gasteiger charge is 2.42. The van der Waals surface area contributed by atoms with Crippen LogP contribution < -0.4 is 4.74 Å². The Hall–Kier alpha value is -3.08. The van der Waals surface area contributed by atoms with Crippen molar-refractivity contribution in [2.24, 2.45) is 0 Å². The Labute approximate surface area is 152 Å². The number of carbonyl (C=O) groups is 2. The first-order valence-electron chi connectivity index (χ1n) is 8.46. The van der Waals surface area contributed by atoms with E-state index in [1.165, 1.54) is 6.92 Å². The molecule has 0 saturated heterocycles. The molecule has 0 saturated carbocycles. The molecule has 3 rings (SSSR count). The molecule has 1 unspecified atom stereocenters. The average Bonchev–Trinajstić information content (AvgIpc) is 2.92. The molecule has 0 radical (unpaired) electrons. The Balaban J connectivity index is 1.96. The van der Waals surface area contributed by atoms with Crippen LogP contribution in [0.3, 0.4) is 0 Å². The Kier molecular flexibility index (Phi) is 5.07. The molecule has 2 aromatic carbocycles. The fraction of sp³-hybridized carbons (Fsp3) is 0.238. The van der Waals surface area contributed by atoms with E-state index < -0.39 is 17.7 Å². The van der Waals surface area contributed by atoms with Crippen LogP contribution in [-0.2, 0) is 16.0 Å². The summed E-state index contributed by atoms with van der Waals surface area (Å²) in [6, 6.07) is 16.4. The predicted octanol–water partition coefficient (Wildman–Crippen LogP) is 3.22. The number of amides is 1. The summed E-state index contributed by atoms with van der Waals surface area (Å²) in [5.41, 5.74) is 1.96. The molecule has 0 bridgehead atoms. The van der Waals surface area contributed by atoms with Gasteiger partial charge >= 0.3 is 0 Å². The van der Waals surface area contributed by atoms with Crippen LogP contribution in [0.15, 0.2) is 65.9 Å². The number of benzene rings is 2. The fourth-order valence-corrected chi connectivity index (χ4v) is 3.30. The number of aliphatic hydroxyl groups is 1. The molecule has 5 nitrogen and oxygen atoms in total. The van der Waals surface area contributed by atoms with Gasteiger partial charge in [-0.05, 0) is 36.6 Å². The maximum absolute atomic E-state index is 12.6. The number of nitrogens with zero attached hydrogens (tertiary/aromatic N) is 1. The van der Waals surface area contributed by atoms with Gasteiger partial charge in [-0.2, -0.15) is 0 Å². The van der Waals surface area contributed by atoms with Gasteiger partial charge in [0.05, 0.1) is 18.7 Å². The molecule has 0 aromatic heterocycles. The molecular formula is C21H21NO4. The number of hydrogen-bond donors (Lipinski definition) is 1. The van der Waals surface area contributed by atoms with Crippen molar-refractivity contribution in [1.82, 2.24) is 4.90 Å². The number of Topliss-reactive ketones (excluding diaryl/α,β-unsaturated/α-hetero) is 1. The van der Waals surface area contributed by atoms with Crippen molar-refractivity contribution in [1.29, 1.82) is 0 Å². The molecule has 1 N–H and O–H groups in total. The van der Waals surface area contributed by atoms with Gasteiger partial charge in [0, 0.05) is 6.54 Å². The van der Waals surface area contributed by atoms with Gasteiger partial charge in [0.1, 0.15) is 5.75 Å². The van der Waals surface area contributed by atoms with Gasteiger partial charge in [-0.15, -0.1) is 0 Å². The van der Waals surface area contributed by atoms with Crippen molar-refractivity contribution in [3.63, 3.8) is 0 Å². The summed E-state index contributed by atoms with van der Waals surface area (Å²) in [4.78, 5) is 26.3. The third-order valence-corrected chi connectivity index (χ3v) is 4.58. The van der Waals surface area contributed by atoms with Crippen molar-refractivity contribution in [3.05, 3.63) is 77.1 Å². The van der Waals surface area contributed by atoms with Crippen LogP contribution in [-0.4, -0.2) is 35.4 Å². The molecule has 0 fully saturated rings. The maximum Gasteiger partial charge on any atom is 0.290 e. The van der Waals surface area contributed by atoms with E-state index in [4.69, 9.17) is 4.74 Å². The lowest BCUT2D eigenvalue weighted by Crippen LogP contribution is -2.32. The fourth-order valence-electron chi connectivity index (χ4n) is 3.30. The normalized spacial score (nSPS) is 16.9. The van der Waals surface area contributed by atoms with E-state index in [1.807, 2.05) is 36.4 Å². The number of ether oxygens (including phenoxy) is 1. The van der Waals surface area contributed by atoms with Gasteiger partial charge in [-0.3, -0.25) is 9.59 Å². The van der Waals surface area contributed by atoms with Crippen molar-refractivity contribution in [3.8, 4) is 5.75 Å². The lowest BCUT2D eigenvalue weighted by atomic mass is 9.96. The Morgan fingerprint density at radius 2 is 1.88 bits per heavy atom. The van der Waals surface area contributed by atoms with Crippen LogP contribution >= 0.6 is 0 Å². The van der Waals surface area contributed by atoms with Gasteiger partial charge in [-0.25, -0.2) is 0 Å². The number of carbonyl (C=O) groups excluding carboxylic acids is 2. The Morgan fingerprint density at radius 3 is 2.54 bits per heavy atom. The molecule has 1 amide bonds. The number of hydrogen-bond acceptors (Lipinski definition) is 4. The smallest absolute Gasteiger partial charge is 0.290 e. The van der Waals surface area contributed by atoms with E-state index in [0.717, 1.165) is 11.1 Å². The van der Waals surface area contributed by atoms with Crippen LogP contribution in [0.1, 0.15) is 24.1 Å². The quantitative estimate of drug-likeness (QED) is 0.868. The summed E-state index contributed by atoms with van der Waals surface area (Å²) in [6.45, 7) is 1.76. The summed E-state index contributed by atoms with van der Waals surface area (Å²) in [5, 5.41) is 10.3. The molecule has 1 atom stereocenters. The molecule has 1 aliphatic rings. The number of ketones is 1. The zero-order valence-electron chi connectivity index (χ0n) is 14.8. The minimum Gasteiger partial charge on any atom is -0.503 e. The van der Waals surface area contributed by atoms with Crippen LogP contribution in [0.2, 0.25) is 0 Å². The topological polar surface area (TPSA) is 66.8 Å². The second-order valence-electron chi connectivity index (χ2n) is 6.23. The van der Waals surface area contributed by atoms with E-state index in [-0.39, 0.29) is 11.4 Å². The molecule has 26 heavy (non-hydrogen) atoms. The summed E-state index contributed by atoms with van der Waals surface area (Å²) in [7, 11) is 1.56. The molecule has 1 aliphatic heterocycles. The third kappa shape index (κ3) is 3.33. The van der Waals surface area contributed by atoms with E-state index in [9.17, 15) is 14.7 Å². The number of aliphatic hydroxyl groups excluding tert-OH is 1. The van der Waals surface area contributed by atoms with Crippen molar-refractivity contribution >= 4 is 11.7 Å². The monoisotopic (exact) mass is 351 g/mol. The number of rotatable bonds is 6. The summed E-state index contributed by atoms with van der Waals surface area (Å²) in [5.74, 6) is -0.657. The van der Waals surface area contributed by atoms with E-state index in [1.54, 1.807) is 30.2 Å². The molecule has 1 heterocycles. The second kappa shape index (κ2) is 7.44. The third-order valence-electron chi connectivity index (χ3n) is 4.58. The molecule has 2 aromatic rings. The minimum absolute atomic E-state index is 0.135.